The summed E-state index contributed by atoms with van der Waals surface area (Å²) in [5.74, 6) is 0.518. The van der Waals surface area contributed by atoms with Crippen molar-refractivity contribution < 1.29 is 9.18 Å². The summed E-state index contributed by atoms with van der Waals surface area (Å²) < 4.78 is 13.6. The van der Waals surface area contributed by atoms with Crippen LogP contribution in [0.4, 0.5) is 10.2 Å². The highest BCUT2D eigenvalue weighted by molar-refractivity contribution is 5.92. The Balaban J connectivity index is 1.95. The Labute approximate surface area is 157 Å². The predicted octanol–water partition coefficient (Wildman–Crippen LogP) is 3.22. The third-order valence-electron chi connectivity index (χ3n) is 4.80. The number of hydrogen-bond acceptors (Lipinski definition) is 5. The smallest absolute Gasteiger partial charge is 0.247 e. The number of carbonyl (C=O) groups is 1. The van der Waals surface area contributed by atoms with Crippen molar-refractivity contribution in [2.45, 2.75) is 32.7 Å². The maximum absolute atomic E-state index is 13.6. The van der Waals surface area contributed by atoms with E-state index in [1.807, 2.05) is 20.8 Å². The molecule has 7 nitrogen and oxygen atoms in total. The number of likely N-dealkylation sites (N-methyl/N-ethyl adjacent to an activating group) is 1. The Hall–Kier alpha value is -3.03. The first kappa shape index (κ1) is 18.8. The summed E-state index contributed by atoms with van der Waals surface area (Å²) in [6.07, 6.45) is 5.06. The van der Waals surface area contributed by atoms with Gasteiger partial charge in [0.15, 0.2) is 5.82 Å². The van der Waals surface area contributed by atoms with E-state index in [4.69, 9.17) is 0 Å². The van der Waals surface area contributed by atoms with Gasteiger partial charge < -0.3 is 15.2 Å². The zero-order valence-electron chi connectivity index (χ0n) is 15.9. The second-order valence-corrected chi connectivity index (χ2v) is 6.65. The molecule has 1 atom stereocenters. The van der Waals surface area contributed by atoms with E-state index in [1.165, 1.54) is 6.07 Å². The van der Waals surface area contributed by atoms with Crippen molar-refractivity contribution in [1.29, 1.82) is 0 Å². The first-order valence-corrected chi connectivity index (χ1v) is 8.87. The van der Waals surface area contributed by atoms with E-state index >= 15 is 0 Å². The Morgan fingerprint density at radius 3 is 2.85 bits per heavy atom. The van der Waals surface area contributed by atoms with Gasteiger partial charge in [-0.25, -0.2) is 19.3 Å². The van der Waals surface area contributed by atoms with Crippen LogP contribution in [0.1, 0.15) is 27.2 Å². The van der Waals surface area contributed by atoms with E-state index in [0.29, 0.717) is 41.2 Å². The molecule has 3 aromatic rings. The molecule has 1 amide bonds. The fourth-order valence-electron chi connectivity index (χ4n) is 2.86. The van der Waals surface area contributed by atoms with E-state index in [2.05, 4.69) is 25.3 Å². The molecule has 0 radical (unpaired) electrons. The predicted molar refractivity (Wildman–Crippen MR) is 103 cm³/mol. The van der Waals surface area contributed by atoms with Gasteiger partial charge in [0.1, 0.15) is 22.8 Å². The van der Waals surface area contributed by atoms with Crippen LogP contribution in [0.25, 0.3) is 22.4 Å². The molecule has 0 aliphatic rings. The van der Waals surface area contributed by atoms with Crippen LogP contribution >= 0.6 is 0 Å². The third kappa shape index (κ3) is 3.60. The molecule has 3 heterocycles. The van der Waals surface area contributed by atoms with Crippen molar-refractivity contribution in [3.63, 3.8) is 0 Å². The maximum atomic E-state index is 13.6. The number of rotatable bonds is 6. The SMILES string of the molecule is CCN(C)C(=O)[C@@](C)(CC)Nc1ccnc(-c2c[nH]c3ncc(F)cc23)n1. The lowest BCUT2D eigenvalue weighted by Crippen LogP contribution is -2.50. The summed E-state index contributed by atoms with van der Waals surface area (Å²) in [6.45, 7) is 6.36. The summed E-state index contributed by atoms with van der Waals surface area (Å²) >= 11 is 0. The van der Waals surface area contributed by atoms with E-state index in [9.17, 15) is 9.18 Å². The van der Waals surface area contributed by atoms with Crippen molar-refractivity contribution in [1.82, 2.24) is 24.8 Å². The number of aromatic amines is 1. The minimum atomic E-state index is -0.787. The van der Waals surface area contributed by atoms with Crippen LogP contribution in [0.5, 0.6) is 0 Å². The molecule has 142 valence electrons. The van der Waals surface area contributed by atoms with Crippen LogP contribution in [0.15, 0.2) is 30.7 Å². The van der Waals surface area contributed by atoms with Crippen molar-refractivity contribution in [2.24, 2.45) is 0 Å². The number of pyridine rings is 1. The molecule has 0 aliphatic carbocycles. The van der Waals surface area contributed by atoms with E-state index in [-0.39, 0.29) is 5.91 Å². The Bertz CT molecular complexity index is 972. The highest BCUT2D eigenvalue weighted by Gasteiger charge is 2.33. The normalized spacial score (nSPS) is 13.4. The summed E-state index contributed by atoms with van der Waals surface area (Å²) in [5, 5.41) is 3.84. The summed E-state index contributed by atoms with van der Waals surface area (Å²) in [4.78, 5) is 30.2. The van der Waals surface area contributed by atoms with Gasteiger partial charge in [0.25, 0.3) is 0 Å². The molecule has 0 spiro atoms. The Morgan fingerprint density at radius 2 is 2.15 bits per heavy atom. The second kappa shape index (κ2) is 7.30. The van der Waals surface area contributed by atoms with Gasteiger partial charge in [0, 0.05) is 36.9 Å². The highest BCUT2D eigenvalue weighted by Crippen LogP contribution is 2.27. The van der Waals surface area contributed by atoms with Crippen molar-refractivity contribution in [2.75, 3.05) is 18.9 Å². The van der Waals surface area contributed by atoms with E-state index < -0.39 is 11.4 Å². The third-order valence-corrected chi connectivity index (χ3v) is 4.80. The number of aromatic nitrogens is 4. The Kier molecular flexibility index (Phi) is 5.07. The lowest BCUT2D eigenvalue weighted by atomic mass is 9.97. The van der Waals surface area contributed by atoms with Crippen LogP contribution in [-0.2, 0) is 4.79 Å². The van der Waals surface area contributed by atoms with Gasteiger partial charge in [0.2, 0.25) is 5.91 Å². The number of fused-ring (bicyclic) bond motifs is 1. The number of H-pyrrole nitrogens is 1. The van der Waals surface area contributed by atoms with Crippen LogP contribution < -0.4 is 5.32 Å². The molecule has 0 saturated carbocycles. The molecule has 8 heteroatoms. The average Bonchev–Trinajstić information content (AvgIpc) is 3.09. The van der Waals surface area contributed by atoms with Gasteiger partial charge in [-0.05, 0) is 32.4 Å². The zero-order chi connectivity index (χ0) is 19.6. The summed E-state index contributed by atoms with van der Waals surface area (Å²) in [5.41, 5.74) is 0.423. The van der Waals surface area contributed by atoms with Gasteiger partial charge in [0.05, 0.1) is 6.20 Å². The number of nitrogens with one attached hydrogen (secondary N) is 2. The second-order valence-electron chi connectivity index (χ2n) is 6.65. The first-order chi connectivity index (χ1) is 12.9. The number of carbonyl (C=O) groups excluding carboxylic acids is 1. The number of amides is 1. The molecular weight excluding hydrogens is 347 g/mol. The molecule has 3 rings (SSSR count). The minimum absolute atomic E-state index is 0.00831. The van der Waals surface area contributed by atoms with Crippen LogP contribution in [0.3, 0.4) is 0 Å². The molecule has 0 aromatic carbocycles. The summed E-state index contributed by atoms with van der Waals surface area (Å²) in [7, 11) is 1.77. The lowest BCUT2D eigenvalue weighted by molar-refractivity contribution is -0.134. The topological polar surface area (TPSA) is 86.8 Å². The molecule has 27 heavy (non-hydrogen) atoms. The fraction of sp³-hybridized carbons (Fsp3) is 0.368. The molecular formula is C19H23FN6O. The molecule has 0 unspecified atom stereocenters. The lowest BCUT2D eigenvalue weighted by Gasteiger charge is -2.32. The minimum Gasteiger partial charge on any atom is -0.356 e. The maximum Gasteiger partial charge on any atom is 0.247 e. The van der Waals surface area contributed by atoms with E-state index in [0.717, 1.165) is 6.20 Å². The quantitative estimate of drug-likeness (QED) is 0.696. The molecule has 3 aromatic heterocycles. The van der Waals surface area contributed by atoms with Crippen molar-refractivity contribution in [3.8, 4) is 11.4 Å². The Morgan fingerprint density at radius 1 is 1.37 bits per heavy atom. The fourth-order valence-corrected chi connectivity index (χ4v) is 2.86. The van der Waals surface area contributed by atoms with Crippen LogP contribution in [0.2, 0.25) is 0 Å². The first-order valence-electron chi connectivity index (χ1n) is 8.87. The molecule has 2 N–H and O–H groups in total. The van der Waals surface area contributed by atoms with Crippen molar-refractivity contribution >= 4 is 22.8 Å². The molecule has 0 saturated heterocycles. The zero-order valence-corrected chi connectivity index (χ0v) is 15.9. The molecule has 0 aliphatic heterocycles. The van der Waals surface area contributed by atoms with E-state index in [1.54, 1.807) is 30.4 Å². The number of anilines is 1. The van der Waals surface area contributed by atoms with Crippen LogP contribution in [-0.4, -0.2) is 49.9 Å². The van der Waals surface area contributed by atoms with Gasteiger partial charge in [-0.2, -0.15) is 0 Å². The monoisotopic (exact) mass is 370 g/mol. The van der Waals surface area contributed by atoms with Crippen LogP contribution in [0, 0.1) is 5.82 Å². The largest absolute Gasteiger partial charge is 0.356 e. The summed E-state index contributed by atoms with van der Waals surface area (Å²) in [6, 6.07) is 3.11. The molecule has 0 fully saturated rings. The van der Waals surface area contributed by atoms with Gasteiger partial charge in [-0.15, -0.1) is 0 Å². The average molecular weight is 370 g/mol. The number of nitrogens with zero attached hydrogens (tertiary/aromatic N) is 4. The number of halogens is 1. The highest BCUT2D eigenvalue weighted by atomic mass is 19.1. The molecule has 0 bridgehead atoms. The standard InChI is InChI=1S/C19H23FN6O/c1-5-19(3,18(27)26(4)6-2)25-15-7-8-21-17(24-15)14-11-23-16-13(14)9-12(20)10-22-16/h7-11H,5-6H2,1-4H3,(H,22,23)(H,21,24,25)/t19-/m1/s1. The van der Waals surface area contributed by atoms with Gasteiger partial charge in [-0.3, -0.25) is 4.79 Å². The number of hydrogen-bond donors (Lipinski definition) is 2. The van der Waals surface area contributed by atoms with Gasteiger partial charge >= 0.3 is 0 Å². The van der Waals surface area contributed by atoms with Gasteiger partial charge in [-0.1, -0.05) is 6.92 Å². The van der Waals surface area contributed by atoms with Crippen molar-refractivity contribution in [3.05, 3.63) is 36.5 Å².